The minimum Gasteiger partial charge on any atom is -0.379 e. The summed E-state index contributed by atoms with van der Waals surface area (Å²) in [6.45, 7) is 11.2. The van der Waals surface area contributed by atoms with Crippen molar-refractivity contribution < 1.29 is 4.74 Å². The number of hydrogen-bond donors (Lipinski definition) is 1. The Labute approximate surface area is 125 Å². The maximum Gasteiger partial charge on any atom is 0.0623 e. The first-order valence-corrected chi connectivity index (χ1v) is 8.07. The highest BCUT2D eigenvalue weighted by molar-refractivity contribution is 4.90. The van der Waals surface area contributed by atoms with Crippen LogP contribution in [0.15, 0.2) is 0 Å². The lowest BCUT2D eigenvalue weighted by Crippen LogP contribution is -2.59. The summed E-state index contributed by atoms with van der Waals surface area (Å²) in [5.74, 6) is 0. The van der Waals surface area contributed by atoms with Crippen molar-refractivity contribution >= 4 is 0 Å². The highest BCUT2D eigenvalue weighted by Gasteiger charge is 2.30. The smallest absolute Gasteiger partial charge is 0.0623 e. The van der Waals surface area contributed by atoms with Gasteiger partial charge in [0.05, 0.1) is 5.60 Å². The lowest BCUT2D eigenvalue weighted by atomic mass is 9.93. The van der Waals surface area contributed by atoms with Gasteiger partial charge in [0, 0.05) is 38.8 Å². The van der Waals surface area contributed by atoms with Crippen LogP contribution in [0.3, 0.4) is 0 Å². The zero-order valence-corrected chi connectivity index (χ0v) is 14.4. The number of hydrogen-bond acceptors (Lipinski definition) is 4. The van der Waals surface area contributed by atoms with Gasteiger partial charge in [0.2, 0.25) is 0 Å². The molecule has 0 aromatic carbocycles. The summed E-state index contributed by atoms with van der Waals surface area (Å²) in [4.78, 5) is 4.97. The third kappa shape index (κ3) is 5.68. The van der Waals surface area contributed by atoms with E-state index in [0.717, 1.165) is 19.5 Å². The van der Waals surface area contributed by atoms with Crippen LogP contribution in [0.4, 0.5) is 0 Å². The SMILES string of the molecule is CCCNC(CCC(C)(C)OC)C1CN(C)CCN1C. The van der Waals surface area contributed by atoms with Gasteiger partial charge in [-0.05, 0) is 53.8 Å². The van der Waals surface area contributed by atoms with Crippen LogP contribution in [0.2, 0.25) is 0 Å². The van der Waals surface area contributed by atoms with E-state index >= 15 is 0 Å². The summed E-state index contributed by atoms with van der Waals surface area (Å²) in [5, 5.41) is 3.76. The third-order valence-electron chi connectivity index (χ3n) is 4.63. The Bertz CT molecular complexity index is 270. The van der Waals surface area contributed by atoms with Crippen LogP contribution in [0, 0.1) is 0 Å². The molecule has 1 heterocycles. The first-order valence-electron chi connectivity index (χ1n) is 8.07. The van der Waals surface area contributed by atoms with Crippen molar-refractivity contribution in [1.29, 1.82) is 0 Å². The van der Waals surface area contributed by atoms with E-state index in [-0.39, 0.29) is 5.60 Å². The van der Waals surface area contributed by atoms with E-state index < -0.39 is 0 Å². The van der Waals surface area contributed by atoms with Gasteiger partial charge in [-0.1, -0.05) is 6.92 Å². The van der Waals surface area contributed by atoms with E-state index in [9.17, 15) is 0 Å². The molecule has 0 saturated carbocycles. The molecular weight excluding hydrogens is 250 g/mol. The van der Waals surface area contributed by atoms with Crippen LogP contribution < -0.4 is 5.32 Å². The maximum absolute atomic E-state index is 5.58. The summed E-state index contributed by atoms with van der Waals surface area (Å²) in [7, 11) is 6.31. The molecule has 4 nitrogen and oxygen atoms in total. The molecule has 0 amide bonds. The minimum atomic E-state index is -0.0225. The Kier molecular flexibility index (Phi) is 7.45. The van der Waals surface area contributed by atoms with Crippen molar-refractivity contribution in [3.63, 3.8) is 0 Å². The van der Waals surface area contributed by atoms with E-state index in [2.05, 4.69) is 50.0 Å². The second-order valence-electron chi connectivity index (χ2n) is 6.87. The van der Waals surface area contributed by atoms with Crippen molar-refractivity contribution in [3.8, 4) is 0 Å². The van der Waals surface area contributed by atoms with Gasteiger partial charge in [0.1, 0.15) is 0 Å². The molecule has 1 fully saturated rings. The molecule has 1 aliphatic rings. The van der Waals surface area contributed by atoms with Gasteiger partial charge >= 0.3 is 0 Å². The lowest BCUT2D eigenvalue weighted by molar-refractivity contribution is 0.00601. The fraction of sp³-hybridized carbons (Fsp3) is 1.00. The Morgan fingerprint density at radius 3 is 2.60 bits per heavy atom. The summed E-state index contributed by atoms with van der Waals surface area (Å²) < 4.78 is 5.58. The molecule has 1 aliphatic heterocycles. The Morgan fingerprint density at radius 1 is 1.30 bits per heavy atom. The number of nitrogens with one attached hydrogen (secondary N) is 1. The van der Waals surface area contributed by atoms with Crippen molar-refractivity contribution in [2.24, 2.45) is 0 Å². The molecule has 4 heteroatoms. The number of nitrogens with zero attached hydrogens (tertiary/aromatic N) is 2. The highest BCUT2D eigenvalue weighted by atomic mass is 16.5. The van der Waals surface area contributed by atoms with Gasteiger partial charge < -0.3 is 15.0 Å². The summed E-state index contributed by atoms with van der Waals surface area (Å²) in [5.41, 5.74) is -0.0225. The molecular formula is C16H35N3O. The predicted octanol–water partition coefficient (Wildman–Crippen LogP) is 1.81. The molecule has 0 bridgehead atoms. The first kappa shape index (κ1) is 17.9. The standard InChI is InChI=1S/C16H35N3O/c1-7-10-17-14(8-9-16(2,3)20-6)15-13-18(4)11-12-19(15)5/h14-15,17H,7-13H2,1-6H3. The Balaban J connectivity index is 2.62. The predicted molar refractivity (Wildman–Crippen MR) is 86.3 cm³/mol. The van der Waals surface area contributed by atoms with Crippen molar-refractivity contribution in [3.05, 3.63) is 0 Å². The van der Waals surface area contributed by atoms with E-state index in [1.165, 1.54) is 25.9 Å². The average molecular weight is 285 g/mol. The number of piperazine rings is 1. The van der Waals surface area contributed by atoms with Gasteiger partial charge in [-0.2, -0.15) is 0 Å². The van der Waals surface area contributed by atoms with Crippen LogP contribution >= 0.6 is 0 Å². The summed E-state index contributed by atoms with van der Waals surface area (Å²) >= 11 is 0. The van der Waals surface area contributed by atoms with Crippen molar-refractivity contribution in [1.82, 2.24) is 15.1 Å². The molecule has 0 aliphatic carbocycles. The Hall–Kier alpha value is -0.160. The second-order valence-corrected chi connectivity index (χ2v) is 6.87. The molecule has 0 spiro atoms. The second kappa shape index (κ2) is 8.32. The largest absolute Gasteiger partial charge is 0.379 e. The number of rotatable bonds is 8. The average Bonchev–Trinajstić information content (AvgIpc) is 2.42. The monoisotopic (exact) mass is 285 g/mol. The summed E-state index contributed by atoms with van der Waals surface area (Å²) in [6, 6.07) is 1.16. The number of likely N-dealkylation sites (N-methyl/N-ethyl adjacent to an activating group) is 2. The van der Waals surface area contributed by atoms with E-state index in [4.69, 9.17) is 4.74 Å². The molecule has 1 N–H and O–H groups in total. The van der Waals surface area contributed by atoms with E-state index in [1.54, 1.807) is 0 Å². The molecule has 0 aromatic heterocycles. The minimum absolute atomic E-state index is 0.0225. The molecule has 2 atom stereocenters. The van der Waals surface area contributed by atoms with Crippen LogP contribution in [-0.2, 0) is 4.74 Å². The normalized spacial score (nSPS) is 24.0. The molecule has 120 valence electrons. The molecule has 0 radical (unpaired) electrons. The van der Waals surface area contributed by atoms with E-state index in [0.29, 0.717) is 12.1 Å². The quantitative estimate of drug-likeness (QED) is 0.736. The van der Waals surface area contributed by atoms with Crippen molar-refractivity contribution in [2.45, 2.75) is 57.7 Å². The number of methoxy groups -OCH3 is 1. The van der Waals surface area contributed by atoms with Gasteiger partial charge in [-0.25, -0.2) is 0 Å². The maximum atomic E-state index is 5.58. The van der Waals surface area contributed by atoms with Crippen LogP contribution in [0.25, 0.3) is 0 Å². The molecule has 2 unspecified atom stereocenters. The third-order valence-corrected chi connectivity index (χ3v) is 4.63. The van der Waals surface area contributed by atoms with Gasteiger partial charge in [0.25, 0.3) is 0 Å². The topological polar surface area (TPSA) is 27.7 Å². The lowest BCUT2D eigenvalue weighted by Gasteiger charge is -2.43. The van der Waals surface area contributed by atoms with Gasteiger partial charge in [0.15, 0.2) is 0 Å². The summed E-state index contributed by atoms with van der Waals surface area (Å²) in [6.07, 6.45) is 3.46. The van der Waals surface area contributed by atoms with E-state index in [1.807, 2.05) is 7.11 Å². The van der Waals surface area contributed by atoms with Crippen LogP contribution in [0.1, 0.15) is 40.0 Å². The fourth-order valence-corrected chi connectivity index (χ4v) is 2.84. The van der Waals surface area contributed by atoms with Crippen LogP contribution in [0.5, 0.6) is 0 Å². The Morgan fingerprint density at radius 2 is 2.00 bits per heavy atom. The fourth-order valence-electron chi connectivity index (χ4n) is 2.84. The van der Waals surface area contributed by atoms with Gasteiger partial charge in [-0.3, -0.25) is 4.90 Å². The van der Waals surface area contributed by atoms with Gasteiger partial charge in [-0.15, -0.1) is 0 Å². The first-order chi connectivity index (χ1) is 9.39. The molecule has 0 aromatic rings. The molecule has 1 saturated heterocycles. The zero-order chi connectivity index (χ0) is 15.2. The molecule has 20 heavy (non-hydrogen) atoms. The number of ether oxygens (including phenoxy) is 1. The van der Waals surface area contributed by atoms with Crippen molar-refractivity contribution in [2.75, 3.05) is 47.4 Å². The highest BCUT2D eigenvalue weighted by Crippen LogP contribution is 2.20. The molecule has 1 rings (SSSR count). The van der Waals surface area contributed by atoms with Crippen LogP contribution in [-0.4, -0.2) is 74.9 Å². The zero-order valence-electron chi connectivity index (χ0n) is 14.4.